The molecule has 0 heterocycles. The molecule has 20 heavy (non-hydrogen) atoms. The zero-order chi connectivity index (χ0) is 14.5. The second-order valence-electron chi connectivity index (χ2n) is 4.06. The molecular weight excluding hydrogens is 340 g/mol. The first-order chi connectivity index (χ1) is 9.60. The van der Waals surface area contributed by atoms with E-state index in [1.54, 1.807) is 31.4 Å². The molecular formula is C15H13BrO3S. The maximum atomic E-state index is 11.5. The number of halogens is 1. The Morgan fingerprint density at radius 1 is 1.15 bits per heavy atom. The van der Waals surface area contributed by atoms with E-state index in [2.05, 4.69) is 15.9 Å². The second kappa shape index (κ2) is 6.81. The molecule has 0 spiro atoms. The van der Waals surface area contributed by atoms with Gasteiger partial charge in [-0.1, -0.05) is 28.1 Å². The highest BCUT2D eigenvalue weighted by Gasteiger charge is 2.21. The van der Waals surface area contributed by atoms with Crippen LogP contribution in [0.25, 0.3) is 0 Å². The summed E-state index contributed by atoms with van der Waals surface area (Å²) >= 11 is 4.67. The Bertz CT molecular complexity index is 581. The number of carboxylic acid groups (broad SMARTS) is 1. The van der Waals surface area contributed by atoms with Crippen molar-refractivity contribution >= 4 is 33.7 Å². The molecule has 5 heteroatoms. The third-order valence-electron chi connectivity index (χ3n) is 2.71. The van der Waals surface area contributed by atoms with Gasteiger partial charge in [-0.25, -0.2) is 0 Å². The molecule has 0 bridgehead atoms. The average Bonchev–Trinajstić information content (AvgIpc) is 2.46. The molecule has 0 saturated heterocycles. The van der Waals surface area contributed by atoms with Crippen molar-refractivity contribution in [1.82, 2.24) is 0 Å². The minimum Gasteiger partial charge on any atom is -0.497 e. The minimum atomic E-state index is -0.858. The number of aliphatic carboxylic acids is 1. The highest BCUT2D eigenvalue weighted by atomic mass is 79.9. The predicted molar refractivity (Wildman–Crippen MR) is 83.4 cm³/mol. The van der Waals surface area contributed by atoms with Crippen molar-refractivity contribution in [2.45, 2.75) is 10.1 Å². The topological polar surface area (TPSA) is 46.5 Å². The fraction of sp³-hybridized carbons (Fsp3) is 0.133. The fourth-order valence-corrected chi connectivity index (χ4v) is 2.91. The monoisotopic (exact) mass is 352 g/mol. The molecule has 1 N–H and O–H groups in total. The standard InChI is InChI=1S/C15H13BrO3S/c1-19-12-6-2-10(3-7-12)14(15(17)18)20-13-8-4-11(16)5-9-13/h2-9,14H,1H3,(H,17,18). The lowest BCUT2D eigenvalue weighted by Gasteiger charge is -2.13. The Hall–Kier alpha value is -1.46. The number of benzene rings is 2. The lowest BCUT2D eigenvalue weighted by Crippen LogP contribution is -2.07. The summed E-state index contributed by atoms with van der Waals surface area (Å²) in [6.07, 6.45) is 0. The van der Waals surface area contributed by atoms with Gasteiger partial charge >= 0.3 is 5.97 Å². The van der Waals surface area contributed by atoms with E-state index in [-0.39, 0.29) is 0 Å². The third-order valence-corrected chi connectivity index (χ3v) is 4.49. The van der Waals surface area contributed by atoms with Crippen molar-refractivity contribution in [3.8, 4) is 5.75 Å². The molecule has 0 saturated carbocycles. The van der Waals surface area contributed by atoms with E-state index in [1.807, 2.05) is 24.3 Å². The van der Waals surface area contributed by atoms with Crippen LogP contribution in [0.15, 0.2) is 57.9 Å². The van der Waals surface area contributed by atoms with Crippen LogP contribution >= 0.6 is 27.7 Å². The Labute approximate surface area is 130 Å². The number of ether oxygens (including phenoxy) is 1. The number of thioether (sulfide) groups is 1. The molecule has 0 radical (unpaired) electrons. The molecule has 0 aliphatic heterocycles. The average molecular weight is 353 g/mol. The summed E-state index contributed by atoms with van der Waals surface area (Å²) in [6, 6.07) is 14.7. The zero-order valence-corrected chi connectivity index (χ0v) is 13.1. The summed E-state index contributed by atoms with van der Waals surface area (Å²) in [4.78, 5) is 12.4. The van der Waals surface area contributed by atoms with Crippen molar-refractivity contribution in [1.29, 1.82) is 0 Å². The van der Waals surface area contributed by atoms with Crippen LogP contribution in [-0.2, 0) is 4.79 Å². The molecule has 2 aromatic rings. The number of methoxy groups -OCH3 is 1. The summed E-state index contributed by atoms with van der Waals surface area (Å²) in [5.74, 6) is -0.144. The number of carbonyl (C=O) groups is 1. The fourth-order valence-electron chi connectivity index (χ4n) is 1.69. The highest BCUT2D eigenvalue weighted by Crippen LogP contribution is 2.36. The maximum absolute atomic E-state index is 11.5. The van der Waals surface area contributed by atoms with Gasteiger partial charge in [0.15, 0.2) is 0 Å². The summed E-state index contributed by atoms with van der Waals surface area (Å²) < 4.78 is 6.05. The van der Waals surface area contributed by atoms with E-state index in [0.717, 1.165) is 14.9 Å². The Balaban J connectivity index is 2.22. The van der Waals surface area contributed by atoms with Crippen molar-refractivity contribution in [2.75, 3.05) is 7.11 Å². The van der Waals surface area contributed by atoms with Crippen LogP contribution in [0, 0.1) is 0 Å². The molecule has 0 aliphatic rings. The normalized spacial score (nSPS) is 11.9. The Kier molecular flexibility index (Phi) is 5.09. The Morgan fingerprint density at radius 2 is 1.75 bits per heavy atom. The lowest BCUT2D eigenvalue weighted by atomic mass is 10.1. The highest BCUT2D eigenvalue weighted by molar-refractivity contribution is 9.10. The van der Waals surface area contributed by atoms with Crippen molar-refractivity contribution in [3.63, 3.8) is 0 Å². The summed E-state index contributed by atoms with van der Waals surface area (Å²) in [5.41, 5.74) is 0.742. The van der Waals surface area contributed by atoms with Crippen LogP contribution in [0.4, 0.5) is 0 Å². The minimum absolute atomic E-state index is 0.637. The zero-order valence-electron chi connectivity index (χ0n) is 10.7. The van der Waals surface area contributed by atoms with Crippen molar-refractivity contribution in [3.05, 3.63) is 58.6 Å². The van der Waals surface area contributed by atoms with Gasteiger partial charge in [0.05, 0.1) is 7.11 Å². The molecule has 1 atom stereocenters. The van der Waals surface area contributed by atoms with E-state index in [4.69, 9.17) is 4.74 Å². The first-order valence-electron chi connectivity index (χ1n) is 5.89. The van der Waals surface area contributed by atoms with Crippen molar-refractivity contribution < 1.29 is 14.6 Å². The van der Waals surface area contributed by atoms with Crippen molar-refractivity contribution in [2.24, 2.45) is 0 Å². The number of hydrogen-bond donors (Lipinski definition) is 1. The summed E-state index contributed by atoms with van der Waals surface area (Å²) in [5, 5.41) is 8.77. The molecule has 0 aliphatic carbocycles. The first kappa shape index (κ1) is 14.9. The molecule has 3 nitrogen and oxygen atoms in total. The van der Waals surface area contributed by atoms with Gasteiger partial charge in [-0.15, -0.1) is 11.8 Å². The predicted octanol–water partition coefficient (Wildman–Crippen LogP) is 4.38. The van der Waals surface area contributed by atoms with Crippen LogP contribution in [0.2, 0.25) is 0 Å². The third kappa shape index (κ3) is 3.77. The van der Waals surface area contributed by atoms with E-state index in [1.165, 1.54) is 11.8 Å². The molecule has 2 aromatic carbocycles. The summed E-state index contributed by atoms with van der Waals surface area (Å²) in [7, 11) is 1.58. The van der Waals surface area contributed by atoms with Gasteiger partial charge in [0.2, 0.25) is 0 Å². The van der Waals surface area contributed by atoms with Crippen LogP contribution in [-0.4, -0.2) is 18.2 Å². The van der Waals surface area contributed by atoms with Crippen LogP contribution in [0.3, 0.4) is 0 Å². The first-order valence-corrected chi connectivity index (χ1v) is 7.56. The van der Waals surface area contributed by atoms with Gasteiger partial charge in [-0.2, -0.15) is 0 Å². The quantitative estimate of drug-likeness (QED) is 0.811. The van der Waals surface area contributed by atoms with Crippen LogP contribution < -0.4 is 4.74 Å². The largest absolute Gasteiger partial charge is 0.497 e. The Morgan fingerprint density at radius 3 is 2.25 bits per heavy atom. The smallest absolute Gasteiger partial charge is 0.321 e. The van der Waals surface area contributed by atoms with Gasteiger partial charge in [-0.3, -0.25) is 4.79 Å². The molecule has 0 aromatic heterocycles. The van der Waals surface area contributed by atoms with E-state index in [0.29, 0.717) is 5.75 Å². The van der Waals surface area contributed by atoms with E-state index >= 15 is 0 Å². The number of carboxylic acids is 1. The number of hydrogen-bond acceptors (Lipinski definition) is 3. The SMILES string of the molecule is COc1ccc(C(Sc2ccc(Br)cc2)C(=O)O)cc1. The molecule has 2 rings (SSSR count). The van der Waals surface area contributed by atoms with Gasteiger partial charge in [0, 0.05) is 9.37 Å². The second-order valence-corrected chi connectivity index (χ2v) is 6.16. The number of rotatable bonds is 5. The molecule has 0 fully saturated rings. The summed E-state index contributed by atoms with van der Waals surface area (Å²) in [6.45, 7) is 0. The van der Waals surface area contributed by atoms with Crippen LogP contribution in [0.5, 0.6) is 5.75 Å². The molecule has 1 unspecified atom stereocenters. The molecule has 104 valence electrons. The lowest BCUT2D eigenvalue weighted by molar-refractivity contribution is -0.136. The van der Waals surface area contributed by atoms with E-state index < -0.39 is 11.2 Å². The van der Waals surface area contributed by atoms with Crippen LogP contribution in [0.1, 0.15) is 10.8 Å². The van der Waals surface area contributed by atoms with Gasteiger partial charge in [0.1, 0.15) is 11.0 Å². The maximum Gasteiger partial charge on any atom is 0.321 e. The molecule has 0 amide bonds. The van der Waals surface area contributed by atoms with E-state index in [9.17, 15) is 9.90 Å². The van der Waals surface area contributed by atoms with Gasteiger partial charge < -0.3 is 9.84 Å². The van der Waals surface area contributed by atoms with Gasteiger partial charge in [0.25, 0.3) is 0 Å². The van der Waals surface area contributed by atoms with Gasteiger partial charge in [-0.05, 0) is 42.0 Å².